The zero-order valence-corrected chi connectivity index (χ0v) is 32.9. The third-order valence-corrected chi connectivity index (χ3v) is 21.9. The van der Waals surface area contributed by atoms with Crippen LogP contribution in [0.4, 0.5) is 0 Å². The summed E-state index contributed by atoms with van der Waals surface area (Å²) < 4.78 is 28.2. The summed E-state index contributed by atoms with van der Waals surface area (Å²) in [5.74, 6) is 0. The van der Waals surface area contributed by atoms with Crippen LogP contribution in [0.25, 0.3) is 0 Å². The molecule has 0 fully saturated rings. The summed E-state index contributed by atoms with van der Waals surface area (Å²) in [5, 5.41) is 0. The van der Waals surface area contributed by atoms with Gasteiger partial charge in [0.1, 0.15) is 0 Å². The Hall–Kier alpha value is 0.584. The number of hydrogen-bond donors (Lipinski definition) is 0. The lowest BCUT2D eigenvalue weighted by Gasteiger charge is -2.36. The molecule has 6 heteroatoms. The molecule has 0 aliphatic carbocycles. The van der Waals surface area contributed by atoms with E-state index in [9.17, 15) is 4.57 Å². The summed E-state index contributed by atoms with van der Waals surface area (Å²) in [4.78, 5) is 0. The standard InChI is InChI=1S/C36H79O3PSi2/c1-7-13-19-25-31-41(32-26-20-14-8-2,33-27-21-15-9-3)38-40(37)39-42(34-28-22-16-10-4,35-29-23-17-11-5)36-30-24-18-12-6/h40H,7-36H2,1-6H3. The maximum Gasteiger partial charge on any atom is 0.299 e. The SMILES string of the molecule is CCCCCC[Si](CCCCCC)(CCCCCC)O[PH](=O)O[Si](CCCCCC)(CCCCCC)CCCCCC. The zero-order valence-electron chi connectivity index (χ0n) is 29.9. The highest BCUT2D eigenvalue weighted by molar-refractivity contribution is 7.38. The highest BCUT2D eigenvalue weighted by atomic mass is 31.1. The van der Waals surface area contributed by atoms with Crippen LogP contribution in [0.5, 0.6) is 0 Å². The minimum Gasteiger partial charge on any atom is -0.353 e. The summed E-state index contributed by atoms with van der Waals surface area (Å²) in [6.07, 6.45) is 30.8. The van der Waals surface area contributed by atoms with Gasteiger partial charge in [-0.1, -0.05) is 196 Å². The Labute approximate surface area is 269 Å². The topological polar surface area (TPSA) is 35.5 Å². The van der Waals surface area contributed by atoms with Crippen molar-refractivity contribution in [2.45, 2.75) is 232 Å². The second-order valence-corrected chi connectivity index (χ2v) is 23.5. The molecule has 0 radical (unpaired) electrons. The zero-order chi connectivity index (χ0) is 31.2. The van der Waals surface area contributed by atoms with Gasteiger partial charge in [-0.05, 0) is 36.3 Å². The van der Waals surface area contributed by atoms with E-state index in [4.69, 9.17) is 8.43 Å². The van der Waals surface area contributed by atoms with Crippen LogP contribution in [0.1, 0.15) is 196 Å². The first-order valence-corrected chi connectivity index (χ1v) is 25.7. The van der Waals surface area contributed by atoms with Gasteiger partial charge in [0, 0.05) is 0 Å². The largest absolute Gasteiger partial charge is 0.353 e. The molecular formula is C36H79O3PSi2. The van der Waals surface area contributed by atoms with Crippen LogP contribution >= 0.6 is 8.25 Å². The third-order valence-electron chi connectivity index (χ3n) is 9.52. The number of unbranched alkanes of at least 4 members (excludes halogenated alkanes) is 18. The van der Waals surface area contributed by atoms with Gasteiger partial charge in [-0.25, -0.2) is 0 Å². The van der Waals surface area contributed by atoms with Crippen molar-refractivity contribution < 1.29 is 13.0 Å². The van der Waals surface area contributed by atoms with E-state index in [1.54, 1.807) is 0 Å². The molecule has 0 saturated carbocycles. The van der Waals surface area contributed by atoms with Crippen molar-refractivity contribution in [3.8, 4) is 0 Å². The van der Waals surface area contributed by atoms with Crippen molar-refractivity contribution >= 4 is 24.9 Å². The minimum atomic E-state index is -2.48. The number of rotatable bonds is 34. The van der Waals surface area contributed by atoms with Crippen molar-refractivity contribution in [2.75, 3.05) is 0 Å². The summed E-state index contributed by atoms with van der Waals surface area (Å²) in [5.41, 5.74) is 0. The number of hydrogen-bond acceptors (Lipinski definition) is 3. The van der Waals surface area contributed by atoms with Gasteiger partial charge in [-0.3, -0.25) is 4.57 Å². The molecule has 0 aliphatic heterocycles. The first-order chi connectivity index (χ1) is 20.5. The van der Waals surface area contributed by atoms with Gasteiger partial charge >= 0.3 is 0 Å². The van der Waals surface area contributed by atoms with Crippen LogP contribution in [-0.2, 0) is 13.0 Å². The predicted molar refractivity (Wildman–Crippen MR) is 196 cm³/mol. The molecule has 0 bridgehead atoms. The normalized spacial score (nSPS) is 12.5. The molecule has 254 valence electrons. The van der Waals surface area contributed by atoms with Crippen LogP contribution < -0.4 is 0 Å². The highest BCUT2D eigenvalue weighted by Gasteiger charge is 2.40. The first-order valence-electron chi connectivity index (χ1n) is 19.4. The van der Waals surface area contributed by atoms with Crippen molar-refractivity contribution in [3.63, 3.8) is 0 Å². The molecule has 0 spiro atoms. The minimum absolute atomic E-state index is 1.20. The average molecular weight is 647 g/mol. The van der Waals surface area contributed by atoms with E-state index in [0.29, 0.717) is 0 Å². The van der Waals surface area contributed by atoms with E-state index in [0.717, 1.165) is 0 Å². The predicted octanol–water partition coefficient (Wildman–Crippen LogP) is 14.8. The maximum atomic E-state index is 14.2. The maximum absolute atomic E-state index is 14.2. The second kappa shape index (κ2) is 30.2. The van der Waals surface area contributed by atoms with Gasteiger partial charge in [-0.2, -0.15) is 0 Å². The fraction of sp³-hybridized carbons (Fsp3) is 1.00. The van der Waals surface area contributed by atoms with E-state index < -0.39 is 24.9 Å². The van der Waals surface area contributed by atoms with Gasteiger partial charge in [0.25, 0.3) is 8.25 Å². The molecule has 0 N–H and O–H groups in total. The molecule has 0 atom stereocenters. The van der Waals surface area contributed by atoms with Crippen molar-refractivity contribution in [2.24, 2.45) is 0 Å². The summed E-state index contributed by atoms with van der Waals surface area (Å²) in [6, 6.07) is 7.18. The van der Waals surface area contributed by atoms with E-state index in [2.05, 4.69) is 41.5 Å². The summed E-state index contributed by atoms with van der Waals surface area (Å²) >= 11 is 0. The molecular weight excluding hydrogens is 568 g/mol. The molecule has 0 aliphatic rings. The van der Waals surface area contributed by atoms with Crippen molar-refractivity contribution in [3.05, 3.63) is 0 Å². The van der Waals surface area contributed by atoms with Crippen molar-refractivity contribution in [1.82, 2.24) is 0 Å². The fourth-order valence-corrected chi connectivity index (χ4v) is 19.4. The van der Waals surface area contributed by atoms with Gasteiger partial charge in [0.15, 0.2) is 0 Å². The van der Waals surface area contributed by atoms with Gasteiger partial charge < -0.3 is 8.43 Å². The van der Waals surface area contributed by atoms with E-state index >= 15 is 0 Å². The van der Waals surface area contributed by atoms with Crippen LogP contribution in [0.15, 0.2) is 0 Å². The summed E-state index contributed by atoms with van der Waals surface area (Å²) in [6.45, 7) is 13.8. The Balaban J connectivity index is 5.94. The molecule has 0 aromatic heterocycles. The Bertz CT molecular complexity index is 479. The monoisotopic (exact) mass is 647 g/mol. The van der Waals surface area contributed by atoms with Crippen molar-refractivity contribution in [1.29, 1.82) is 0 Å². The van der Waals surface area contributed by atoms with E-state index in [1.165, 1.54) is 190 Å². The molecule has 42 heavy (non-hydrogen) atoms. The van der Waals surface area contributed by atoms with Crippen LogP contribution in [0, 0.1) is 0 Å². The quantitative estimate of drug-likeness (QED) is 0.0396. The Morgan fingerprint density at radius 1 is 0.333 bits per heavy atom. The molecule has 0 heterocycles. The molecule has 0 unspecified atom stereocenters. The van der Waals surface area contributed by atoms with Crippen LogP contribution in [0.3, 0.4) is 0 Å². The molecule has 0 amide bonds. The van der Waals surface area contributed by atoms with Gasteiger partial charge in [0.05, 0.1) is 0 Å². The lowest BCUT2D eigenvalue weighted by atomic mass is 10.2. The third kappa shape index (κ3) is 23.0. The van der Waals surface area contributed by atoms with E-state index in [-0.39, 0.29) is 0 Å². The molecule has 0 aromatic carbocycles. The Kier molecular flexibility index (Phi) is 30.7. The second-order valence-electron chi connectivity index (χ2n) is 13.7. The first kappa shape index (κ1) is 42.6. The Morgan fingerprint density at radius 2 is 0.524 bits per heavy atom. The lowest BCUT2D eigenvalue weighted by molar-refractivity contribution is 0.390. The van der Waals surface area contributed by atoms with Crippen LogP contribution in [0.2, 0.25) is 36.3 Å². The van der Waals surface area contributed by atoms with Gasteiger partial charge in [-0.15, -0.1) is 0 Å². The Morgan fingerprint density at radius 3 is 0.690 bits per heavy atom. The van der Waals surface area contributed by atoms with Crippen LogP contribution in [-0.4, -0.2) is 16.6 Å². The van der Waals surface area contributed by atoms with Gasteiger partial charge in [0.2, 0.25) is 16.6 Å². The average Bonchev–Trinajstić information content (AvgIpc) is 2.98. The highest BCUT2D eigenvalue weighted by Crippen LogP contribution is 2.45. The lowest BCUT2D eigenvalue weighted by Crippen LogP contribution is -2.39. The van der Waals surface area contributed by atoms with E-state index in [1.807, 2.05) is 0 Å². The molecule has 0 aromatic rings. The molecule has 0 rings (SSSR count). The molecule has 0 saturated heterocycles. The summed E-state index contributed by atoms with van der Waals surface area (Å²) in [7, 11) is -6.70. The molecule has 3 nitrogen and oxygen atoms in total. The fourth-order valence-electron chi connectivity index (χ4n) is 6.67. The smallest absolute Gasteiger partial charge is 0.299 e.